The molecule has 1 amide bonds. The Morgan fingerprint density at radius 2 is 2.33 bits per heavy atom. The van der Waals surface area contributed by atoms with Crippen LogP contribution in [0.5, 0.6) is 0 Å². The SMILES string of the molecule is CSC(C)CC(=O)NCC1CCCC1O. The van der Waals surface area contributed by atoms with Crippen LogP contribution in [0.3, 0.4) is 0 Å². The zero-order valence-electron chi connectivity index (χ0n) is 9.53. The lowest BCUT2D eigenvalue weighted by atomic mass is 10.1. The zero-order valence-corrected chi connectivity index (χ0v) is 10.3. The van der Waals surface area contributed by atoms with Gasteiger partial charge in [0.15, 0.2) is 0 Å². The molecule has 1 fully saturated rings. The second-order valence-electron chi connectivity index (χ2n) is 4.31. The Kier molecular flexibility index (Phi) is 5.47. The lowest BCUT2D eigenvalue weighted by Gasteiger charge is -2.15. The Balaban J connectivity index is 2.16. The maximum absolute atomic E-state index is 11.5. The molecule has 3 nitrogen and oxygen atoms in total. The van der Waals surface area contributed by atoms with Crippen molar-refractivity contribution in [1.29, 1.82) is 0 Å². The summed E-state index contributed by atoms with van der Waals surface area (Å²) in [6.07, 6.45) is 5.40. The molecule has 88 valence electrons. The molecule has 0 aromatic rings. The van der Waals surface area contributed by atoms with E-state index >= 15 is 0 Å². The van der Waals surface area contributed by atoms with Gasteiger partial charge in [-0.2, -0.15) is 11.8 Å². The van der Waals surface area contributed by atoms with Crippen molar-refractivity contribution in [2.75, 3.05) is 12.8 Å². The summed E-state index contributed by atoms with van der Waals surface area (Å²) >= 11 is 1.70. The van der Waals surface area contributed by atoms with Gasteiger partial charge in [-0.1, -0.05) is 13.3 Å². The number of nitrogens with one attached hydrogen (secondary N) is 1. The molecule has 2 N–H and O–H groups in total. The van der Waals surface area contributed by atoms with Crippen molar-refractivity contribution in [3.63, 3.8) is 0 Å². The summed E-state index contributed by atoms with van der Waals surface area (Å²) in [6, 6.07) is 0. The second kappa shape index (κ2) is 6.38. The zero-order chi connectivity index (χ0) is 11.3. The van der Waals surface area contributed by atoms with Gasteiger partial charge in [-0.05, 0) is 19.1 Å². The van der Waals surface area contributed by atoms with E-state index in [-0.39, 0.29) is 17.9 Å². The molecule has 4 heteroatoms. The molecule has 3 unspecified atom stereocenters. The summed E-state index contributed by atoms with van der Waals surface area (Å²) in [5.41, 5.74) is 0. The predicted octanol–water partition coefficient (Wildman–Crippen LogP) is 1.41. The molecule has 0 spiro atoms. The average molecular weight is 231 g/mol. The van der Waals surface area contributed by atoms with E-state index < -0.39 is 0 Å². The van der Waals surface area contributed by atoms with E-state index in [4.69, 9.17) is 0 Å². The summed E-state index contributed by atoms with van der Waals surface area (Å²) in [4.78, 5) is 11.5. The molecule has 1 saturated carbocycles. The molecule has 15 heavy (non-hydrogen) atoms. The van der Waals surface area contributed by atoms with E-state index in [9.17, 15) is 9.90 Å². The van der Waals surface area contributed by atoms with Gasteiger partial charge in [0, 0.05) is 24.1 Å². The highest BCUT2D eigenvalue weighted by Gasteiger charge is 2.25. The van der Waals surface area contributed by atoms with Crippen LogP contribution >= 0.6 is 11.8 Å². The van der Waals surface area contributed by atoms with Crippen LogP contribution in [0.15, 0.2) is 0 Å². The lowest BCUT2D eigenvalue weighted by Crippen LogP contribution is -2.33. The van der Waals surface area contributed by atoms with Gasteiger partial charge >= 0.3 is 0 Å². The van der Waals surface area contributed by atoms with E-state index in [0.29, 0.717) is 18.2 Å². The van der Waals surface area contributed by atoms with Crippen molar-refractivity contribution in [2.24, 2.45) is 5.92 Å². The monoisotopic (exact) mass is 231 g/mol. The number of aliphatic hydroxyl groups excluding tert-OH is 1. The normalized spacial score (nSPS) is 27.7. The van der Waals surface area contributed by atoms with Crippen molar-refractivity contribution in [2.45, 2.75) is 44.0 Å². The van der Waals surface area contributed by atoms with Crippen molar-refractivity contribution in [1.82, 2.24) is 5.32 Å². The summed E-state index contributed by atoms with van der Waals surface area (Å²) in [7, 11) is 0. The van der Waals surface area contributed by atoms with E-state index in [1.165, 1.54) is 0 Å². The molecular weight excluding hydrogens is 210 g/mol. The van der Waals surface area contributed by atoms with Crippen LogP contribution in [-0.4, -0.2) is 35.2 Å². The minimum absolute atomic E-state index is 0.107. The Morgan fingerprint density at radius 3 is 2.87 bits per heavy atom. The number of hydrogen-bond donors (Lipinski definition) is 2. The molecule has 1 aliphatic carbocycles. The minimum atomic E-state index is -0.205. The van der Waals surface area contributed by atoms with Gasteiger partial charge in [-0.15, -0.1) is 0 Å². The van der Waals surface area contributed by atoms with Crippen LogP contribution in [-0.2, 0) is 4.79 Å². The van der Waals surface area contributed by atoms with Crippen LogP contribution in [0.25, 0.3) is 0 Å². The Labute approximate surface area is 96.0 Å². The van der Waals surface area contributed by atoms with Crippen LogP contribution in [0.2, 0.25) is 0 Å². The number of amides is 1. The van der Waals surface area contributed by atoms with Gasteiger partial charge in [0.1, 0.15) is 0 Å². The molecular formula is C11H21NO2S. The fourth-order valence-electron chi connectivity index (χ4n) is 1.92. The van der Waals surface area contributed by atoms with Gasteiger partial charge in [0.25, 0.3) is 0 Å². The van der Waals surface area contributed by atoms with E-state index in [0.717, 1.165) is 19.3 Å². The Bertz CT molecular complexity index is 211. The van der Waals surface area contributed by atoms with Gasteiger partial charge in [-0.3, -0.25) is 4.79 Å². The average Bonchev–Trinajstić information content (AvgIpc) is 2.61. The van der Waals surface area contributed by atoms with Crippen molar-refractivity contribution < 1.29 is 9.90 Å². The third-order valence-electron chi connectivity index (χ3n) is 3.06. The molecule has 0 bridgehead atoms. The summed E-state index contributed by atoms with van der Waals surface area (Å²) in [5, 5.41) is 12.9. The number of rotatable bonds is 5. The van der Waals surface area contributed by atoms with E-state index in [2.05, 4.69) is 12.2 Å². The smallest absolute Gasteiger partial charge is 0.221 e. The van der Waals surface area contributed by atoms with Gasteiger partial charge in [0.05, 0.1) is 6.10 Å². The number of thioether (sulfide) groups is 1. The minimum Gasteiger partial charge on any atom is -0.393 e. The summed E-state index contributed by atoms with van der Waals surface area (Å²) < 4.78 is 0. The van der Waals surface area contributed by atoms with Gasteiger partial charge in [-0.25, -0.2) is 0 Å². The maximum Gasteiger partial charge on any atom is 0.221 e. The van der Waals surface area contributed by atoms with E-state index in [1.54, 1.807) is 11.8 Å². The third kappa shape index (κ3) is 4.43. The fourth-order valence-corrected chi connectivity index (χ4v) is 2.23. The molecule has 0 heterocycles. The molecule has 1 rings (SSSR count). The number of carbonyl (C=O) groups excluding carboxylic acids is 1. The van der Waals surface area contributed by atoms with Crippen molar-refractivity contribution in [3.8, 4) is 0 Å². The standard InChI is InChI=1S/C11H21NO2S/c1-8(15-2)6-11(14)12-7-9-4-3-5-10(9)13/h8-10,13H,3-7H2,1-2H3,(H,12,14). The van der Waals surface area contributed by atoms with Crippen LogP contribution in [0.1, 0.15) is 32.6 Å². The Hall–Kier alpha value is -0.220. The van der Waals surface area contributed by atoms with Gasteiger partial charge in [0.2, 0.25) is 5.91 Å². The van der Waals surface area contributed by atoms with Crippen molar-refractivity contribution >= 4 is 17.7 Å². The highest BCUT2D eigenvalue weighted by molar-refractivity contribution is 7.99. The molecule has 1 aliphatic rings. The number of aliphatic hydroxyl groups is 1. The largest absolute Gasteiger partial charge is 0.393 e. The molecule has 0 aliphatic heterocycles. The first-order chi connectivity index (χ1) is 7.13. The van der Waals surface area contributed by atoms with Crippen LogP contribution in [0, 0.1) is 5.92 Å². The molecule has 0 radical (unpaired) electrons. The van der Waals surface area contributed by atoms with Crippen LogP contribution in [0.4, 0.5) is 0 Å². The molecule has 0 aromatic heterocycles. The predicted molar refractivity (Wildman–Crippen MR) is 64.0 cm³/mol. The first-order valence-corrected chi connectivity index (χ1v) is 6.89. The Morgan fingerprint density at radius 1 is 1.60 bits per heavy atom. The topological polar surface area (TPSA) is 49.3 Å². The van der Waals surface area contributed by atoms with Crippen LogP contribution < -0.4 is 5.32 Å². The maximum atomic E-state index is 11.5. The quantitative estimate of drug-likeness (QED) is 0.752. The lowest BCUT2D eigenvalue weighted by molar-refractivity contribution is -0.121. The first kappa shape index (κ1) is 12.8. The fraction of sp³-hybridized carbons (Fsp3) is 0.909. The van der Waals surface area contributed by atoms with E-state index in [1.807, 2.05) is 6.26 Å². The van der Waals surface area contributed by atoms with Gasteiger partial charge < -0.3 is 10.4 Å². The highest BCUT2D eigenvalue weighted by Crippen LogP contribution is 2.24. The molecule has 0 saturated heterocycles. The first-order valence-electron chi connectivity index (χ1n) is 5.61. The highest BCUT2D eigenvalue weighted by atomic mass is 32.2. The summed E-state index contributed by atoms with van der Waals surface area (Å²) in [6.45, 7) is 2.69. The van der Waals surface area contributed by atoms with Crippen molar-refractivity contribution in [3.05, 3.63) is 0 Å². The summed E-state index contributed by atoms with van der Waals surface area (Å²) in [5.74, 6) is 0.384. The second-order valence-corrected chi connectivity index (χ2v) is 5.59. The number of carbonyl (C=O) groups is 1. The number of hydrogen-bond acceptors (Lipinski definition) is 3. The molecule has 3 atom stereocenters. The third-order valence-corrected chi connectivity index (χ3v) is 4.03. The molecule has 0 aromatic carbocycles.